The molecule has 0 spiro atoms. The maximum Gasteiger partial charge on any atom is 0.310 e. The first-order chi connectivity index (χ1) is 11.4. The molecule has 1 amide bonds. The van der Waals surface area contributed by atoms with Crippen molar-refractivity contribution in [3.05, 3.63) is 34.6 Å². The van der Waals surface area contributed by atoms with Crippen molar-refractivity contribution >= 4 is 23.5 Å². The van der Waals surface area contributed by atoms with E-state index in [1.165, 1.54) is 24.6 Å². The molecule has 3 atom stereocenters. The second-order valence-electron chi connectivity index (χ2n) is 6.48. The van der Waals surface area contributed by atoms with Gasteiger partial charge in [-0.15, -0.1) is 0 Å². The van der Waals surface area contributed by atoms with E-state index in [9.17, 15) is 14.0 Å². The summed E-state index contributed by atoms with van der Waals surface area (Å²) in [6, 6.07) is 4.31. The van der Waals surface area contributed by atoms with Gasteiger partial charge in [0.2, 0.25) is 0 Å². The summed E-state index contributed by atoms with van der Waals surface area (Å²) in [5.74, 6) is -0.601. The van der Waals surface area contributed by atoms with Crippen LogP contribution in [0.25, 0.3) is 0 Å². The molecule has 1 aromatic rings. The van der Waals surface area contributed by atoms with Crippen molar-refractivity contribution in [1.29, 1.82) is 0 Å². The van der Waals surface area contributed by atoms with Gasteiger partial charge < -0.3 is 10.1 Å². The van der Waals surface area contributed by atoms with Crippen molar-refractivity contribution in [3.8, 4) is 0 Å². The third-order valence-electron chi connectivity index (χ3n) is 4.80. The fourth-order valence-electron chi connectivity index (χ4n) is 3.08. The lowest BCUT2D eigenvalue weighted by molar-refractivity contribution is -0.148. The Kier molecular flexibility index (Phi) is 6.60. The minimum Gasteiger partial charge on any atom is -0.455 e. The van der Waals surface area contributed by atoms with Crippen LogP contribution in [0.15, 0.2) is 18.2 Å². The normalized spacial score (nSPS) is 23.6. The highest BCUT2D eigenvalue weighted by atomic mass is 35.5. The molecule has 1 fully saturated rings. The molecule has 1 aliphatic carbocycles. The van der Waals surface area contributed by atoms with E-state index in [4.69, 9.17) is 16.3 Å². The van der Waals surface area contributed by atoms with Gasteiger partial charge in [-0.2, -0.15) is 0 Å². The number of nitrogens with one attached hydrogen (secondary N) is 1. The van der Waals surface area contributed by atoms with Crippen molar-refractivity contribution < 1.29 is 18.7 Å². The molecule has 1 aromatic carbocycles. The highest BCUT2D eigenvalue weighted by Gasteiger charge is 2.28. The molecule has 2 rings (SSSR count). The van der Waals surface area contributed by atoms with E-state index < -0.39 is 11.8 Å². The van der Waals surface area contributed by atoms with Crippen molar-refractivity contribution in [1.82, 2.24) is 5.32 Å². The van der Waals surface area contributed by atoms with E-state index in [0.29, 0.717) is 11.8 Å². The highest BCUT2D eigenvalue weighted by Crippen LogP contribution is 2.29. The van der Waals surface area contributed by atoms with Gasteiger partial charge in [0, 0.05) is 16.6 Å². The van der Waals surface area contributed by atoms with Crippen LogP contribution in [0.3, 0.4) is 0 Å². The van der Waals surface area contributed by atoms with Crippen molar-refractivity contribution in [2.75, 3.05) is 6.61 Å². The van der Waals surface area contributed by atoms with Crippen LogP contribution in [0.1, 0.15) is 38.7 Å². The summed E-state index contributed by atoms with van der Waals surface area (Å²) in [6.45, 7) is 3.95. The molecule has 0 saturated heterocycles. The first-order valence-corrected chi connectivity index (χ1v) is 8.64. The Hall–Kier alpha value is -1.62. The summed E-state index contributed by atoms with van der Waals surface area (Å²) in [4.78, 5) is 23.8. The maximum atomic E-state index is 13.6. The molecule has 24 heavy (non-hydrogen) atoms. The van der Waals surface area contributed by atoms with Crippen LogP contribution in [0.4, 0.5) is 4.39 Å². The second-order valence-corrected chi connectivity index (χ2v) is 6.89. The zero-order valence-corrected chi connectivity index (χ0v) is 14.7. The fourth-order valence-corrected chi connectivity index (χ4v) is 3.31. The SMILES string of the molecule is C[C@@H]1[C@@H](NC(=O)COC(=O)Cc2c(F)cccc2Cl)CCC[C@@H]1C. The number of benzene rings is 1. The van der Waals surface area contributed by atoms with Gasteiger partial charge in [0.1, 0.15) is 5.82 Å². The Morgan fingerprint density at radius 3 is 2.79 bits per heavy atom. The number of hydrogen-bond acceptors (Lipinski definition) is 3. The number of carbonyl (C=O) groups is 2. The van der Waals surface area contributed by atoms with Crippen LogP contribution in [0.5, 0.6) is 0 Å². The Balaban J connectivity index is 1.80. The molecule has 0 unspecified atom stereocenters. The second kappa shape index (κ2) is 8.47. The molecule has 6 heteroatoms. The van der Waals surface area contributed by atoms with Gasteiger partial charge >= 0.3 is 5.97 Å². The smallest absolute Gasteiger partial charge is 0.310 e. The van der Waals surface area contributed by atoms with E-state index in [0.717, 1.165) is 12.8 Å². The molecule has 0 heterocycles. The van der Waals surface area contributed by atoms with Gasteiger partial charge in [0.05, 0.1) is 6.42 Å². The number of carbonyl (C=O) groups excluding carboxylic acids is 2. The molecule has 1 saturated carbocycles. The van der Waals surface area contributed by atoms with Crippen LogP contribution >= 0.6 is 11.6 Å². The molecule has 0 bridgehead atoms. The Bertz CT molecular complexity index is 588. The highest BCUT2D eigenvalue weighted by molar-refractivity contribution is 6.31. The average molecular weight is 356 g/mol. The summed E-state index contributed by atoms with van der Waals surface area (Å²) in [5.41, 5.74) is 0.0827. The zero-order chi connectivity index (χ0) is 17.7. The molecular weight excluding hydrogens is 333 g/mol. The van der Waals surface area contributed by atoms with Gasteiger partial charge in [0.15, 0.2) is 6.61 Å². The van der Waals surface area contributed by atoms with E-state index in [-0.39, 0.29) is 35.6 Å². The number of amides is 1. The lowest BCUT2D eigenvalue weighted by Crippen LogP contribution is -2.45. The van der Waals surface area contributed by atoms with Gasteiger partial charge in [-0.3, -0.25) is 9.59 Å². The van der Waals surface area contributed by atoms with Crippen LogP contribution in [-0.4, -0.2) is 24.5 Å². The molecule has 0 aromatic heterocycles. The van der Waals surface area contributed by atoms with Crippen LogP contribution < -0.4 is 5.32 Å². The quantitative estimate of drug-likeness (QED) is 0.822. The maximum absolute atomic E-state index is 13.6. The molecule has 4 nitrogen and oxygen atoms in total. The van der Waals surface area contributed by atoms with E-state index in [1.54, 1.807) is 0 Å². The third kappa shape index (κ3) is 4.94. The van der Waals surface area contributed by atoms with E-state index in [2.05, 4.69) is 19.2 Å². The predicted molar refractivity (Wildman–Crippen MR) is 90.2 cm³/mol. The van der Waals surface area contributed by atoms with E-state index in [1.807, 2.05) is 0 Å². The summed E-state index contributed by atoms with van der Waals surface area (Å²) >= 11 is 5.87. The molecule has 0 aliphatic heterocycles. The largest absolute Gasteiger partial charge is 0.455 e. The van der Waals surface area contributed by atoms with E-state index >= 15 is 0 Å². The summed E-state index contributed by atoms with van der Waals surface area (Å²) in [6.07, 6.45) is 2.90. The Labute approximate surface area is 146 Å². The predicted octanol–water partition coefficient (Wildman–Crippen LogP) is 3.51. The lowest BCUT2D eigenvalue weighted by atomic mass is 9.78. The van der Waals surface area contributed by atoms with Crippen LogP contribution in [0, 0.1) is 17.7 Å². The standard InChI is InChI=1S/C18H23ClFNO3/c1-11-5-3-8-16(12(11)2)21-17(22)10-24-18(23)9-13-14(19)6-4-7-15(13)20/h4,6-7,11-12,16H,3,5,8-10H2,1-2H3,(H,21,22)/t11-,12-,16-/m0/s1. The summed E-state index contributed by atoms with van der Waals surface area (Å²) < 4.78 is 18.6. The Morgan fingerprint density at radius 1 is 1.33 bits per heavy atom. The monoisotopic (exact) mass is 355 g/mol. The zero-order valence-electron chi connectivity index (χ0n) is 14.0. The molecule has 1 aliphatic rings. The Morgan fingerprint density at radius 2 is 2.08 bits per heavy atom. The number of hydrogen-bond donors (Lipinski definition) is 1. The third-order valence-corrected chi connectivity index (χ3v) is 5.15. The average Bonchev–Trinajstić information content (AvgIpc) is 2.53. The van der Waals surface area contributed by atoms with Crippen molar-refractivity contribution in [3.63, 3.8) is 0 Å². The number of halogens is 2. The van der Waals surface area contributed by atoms with Gasteiger partial charge in [0.25, 0.3) is 5.91 Å². The lowest BCUT2D eigenvalue weighted by Gasteiger charge is -2.34. The number of ether oxygens (including phenoxy) is 1. The molecule has 1 N–H and O–H groups in total. The van der Waals surface area contributed by atoms with Crippen molar-refractivity contribution in [2.45, 2.75) is 45.6 Å². The molecule has 0 radical (unpaired) electrons. The number of esters is 1. The molecular formula is C18H23ClFNO3. The van der Waals surface area contributed by atoms with Gasteiger partial charge in [-0.05, 0) is 30.4 Å². The van der Waals surface area contributed by atoms with Gasteiger partial charge in [-0.1, -0.05) is 44.4 Å². The number of rotatable bonds is 5. The summed E-state index contributed by atoms with van der Waals surface area (Å²) in [7, 11) is 0. The molecule has 132 valence electrons. The minimum atomic E-state index is -0.679. The minimum absolute atomic E-state index is 0.0827. The topological polar surface area (TPSA) is 55.4 Å². The summed E-state index contributed by atoms with van der Waals surface area (Å²) in [5, 5.41) is 3.09. The van der Waals surface area contributed by atoms with Crippen LogP contribution in [0.2, 0.25) is 5.02 Å². The van der Waals surface area contributed by atoms with Crippen molar-refractivity contribution in [2.24, 2.45) is 11.8 Å². The first-order valence-electron chi connectivity index (χ1n) is 8.26. The van der Waals surface area contributed by atoms with Gasteiger partial charge in [-0.25, -0.2) is 4.39 Å². The first kappa shape index (κ1) is 18.7. The van der Waals surface area contributed by atoms with Crippen LogP contribution in [-0.2, 0) is 20.7 Å². The fraction of sp³-hybridized carbons (Fsp3) is 0.556.